The van der Waals surface area contributed by atoms with E-state index in [2.05, 4.69) is 15.3 Å². The molecule has 0 aliphatic heterocycles. The molecule has 1 aromatic rings. The summed E-state index contributed by atoms with van der Waals surface area (Å²) in [5, 5.41) is 3.42. The molecule has 0 spiro atoms. The van der Waals surface area contributed by atoms with Gasteiger partial charge in [0.05, 0.1) is 13.4 Å². The van der Waals surface area contributed by atoms with Crippen LogP contribution in [-0.2, 0) is 0 Å². The van der Waals surface area contributed by atoms with Gasteiger partial charge < -0.3 is 15.0 Å². The van der Waals surface area contributed by atoms with E-state index in [0.29, 0.717) is 17.6 Å². The number of anilines is 1. The molecule has 18 heavy (non-hydrogen) atoms. The molecule has 2 bridgehead atoms. The number of aromatic nitrogens is 2. The average Bonchev–Trinajstić information content (AvgIpc) is 2.78. The molecule has 4 atom stereocenters. The van der Waals surface area contributed by atoms with Crippen LogP contribution in [0.3, 0.4) is 0 Å². The molecule has 0 saturated heterocycles. The topological polar surface area (TPSA) is 67.0 Å². The lowest BCUT2D eigenvalue weighted by molar-refractivity contribution is 0.407. The number of hydrogen-bond donors (Lipinski definition) is 2. The number of H-pyrrole nitrogens is 1. The van der Waals surface area contributed by atoms with Gasteiger partial charge in [0.1, 0.15) is 0 Å². The zero-order valence-electron chi connectivity index (χ0n) is 10.3. The molecule has 5 heteroatoms. The van der Waals surface area contributed by atoms with Gasteiger partial charge in [-0.2, -0.15) is 0 Å². The van der Waals surface area contributed by atoms with Crippen molar-refractivity contribution in [3.05, 3.63) is 16.7 Å². The zero-order valence-corrected chi connectivity index (χ0v) is 10.3. The smallest absolute Gasteiger partial charge is 0.295 e. The van der Waals surface area contributed by atoms with Crippen molar-refractivity contribution in [3.63, 3.8) is 0 Å². The van der Waals surface area contributed by atoms with Crippen molar-refractivity contribution >= 4 is 5.82 Å². The van der Waals surface area contributed by atoms with Gasteiger partial charge in [-0.25, -0.2) is 4.98 Å². The third-order valence-corrected chi connectivity index (χ3v) is 5.05. The molecule has 3 fully saturated rings. The third-order valence-electron chi connectivity index (χ3n) is 5.05. The molecule has 0 aromatic carbocycles. The van der Waals surface area contributed by atoms with Gasteiger partial charge in [-0.1, -0.05) is 0 Å². The van der Waals surface area contributed by atoms with Gasteiger partial charge in [-0.15, -0.1) is 0 Å². The minimum atomic E-state index is -0.219. The van der Waals surface area contributed by atoms with Gasteiger partial charge in [0.15, 0.2) is 5.82 Å². The fourth-order valence-corrected chi connectivity index (χ4v) is 4.36. The van der Waals surface area contributed by atoms with Crippen LogP contribution in [0.2, 0.25) is 0 Å². The molecule has 1 aromatic heterocycles. The summed E-state index contributed by atoms with van der Waals surface area (Å²) in [6.45, 7) is 0. The van der Waals surface area contributed by atoms with Crippen LogP contribution in [0.4, 0.5) is 5.82 Å². The second-order valence-electron chi connectivity index (χ2n) is 5.77. The fourth-order valence-electron chi connectivity index (χ4n) is 4.36. The molecule has 3 aliphatic rings. The molecule has 4 rings (SSSR count). The van der Waals surface area contributed by atoms with E-state index in [4.69, 9.17) is 4.74 Å². The van der Waals surface area contributed by atoms with Crippen molar-refractivity contribution in [1.29, 1.82) is 0 Å². The van der Waals surface area contributed by atoms with Crippen molar-refractivity contribution in [2.45, 2.75) is 25.3 Å². The summed E-state index contributed by atoms with van der Waals surface area (Å²) in [7, 11) is 1.51. The first kappa shape index (κ1) is 10.4. The predicted octanol–water partition coefficient (Wildman–Crippen LogP) is 1.23. The molecule has 1 heterocycles. The largest absolute Gasteiger partial charge is 0.489 e. The Labute approximate surface area is 105 Å². The summed E-state index contributed by atoms with van der Waals surface area (Å²) in [6, 6.07) is 0.513. The minimum Gasteiger partial charge on any atom is -0.489 e. The SMILES string of the molecule is COc1c(NC2C3C4CCC(C4)C23)nc[nH]c1=O. The van der Waals surface area contributed by atoms with E-state index in [0.717, 1.165) is 23.7 Å². The van der Waals surface area contributed by atoms with Crippen molar-refractivity contribution < 1.29 is 4.74 Å². The number of nitrogens with zero attached hydrogens (tertiary/aromatic N) is 1. The summed E-state index contributed by atoms with van der Waals surface area (Å²) in [5.74, 6) is 4.34. The molecule has 2 N–H and O–H groups in total. The van der Waals surface area contributed by atoms with Gasteiger partial charge in [-0.3, -0.25) is 4.79 Å². The van der Waals surface area contributed by atoms with E-state index in [-0.39, 0.29) is 5.56 Å². The number of hydrogen-bond acceptors (Lipinski definition) is 4. The van der Waals surface area contributed by atoms with Crippen molar-refractivity contribution in [2.75, 3.05) is 12.4 Å². The summed E-state index contributed by atoms with van der Waals surface area (Å²) in [6.07, 6.45) is 5.64. The zero-order chi connectivity index (χ0) is 12.3. The van der Waals surface area contributed by atoms with E-state index in [9.17, 15) is 4.79 Å². The first-order valence-electron chi connectivity index (χ1n) is 6.68. The summed E-state index contributed by atoms with van der Waals surface area (Å²) < 4.78 is 5.13. The maximum atomic E-state index is 11.6. The Bertz CT molecular complexity index is 525. The van der Waals surface area contributed by atoms with Crippen LogP contribution in [0.25, 0.3) is 0 Å². The second-order valence-corrected chi connectivity index (χ2v) is 5.77. The van der Waals surface area contributed by atoms with Crippen LogP contribution in [0.5, 0.6) is 5.75 Å². The molecule has 3 saturated carbocycles. The van der Waals surface area contributed by atoms with Gasteiger partial charge >= 0.3 is 0 Å². The van der Waals surface area contributed by atoms with E-state index in [1.165, 1.54) is 32.7 Å². The summed E-state index contributed by atoms with van der Waals surface area (Å²) in [4.78, 5) is 18.3. The summed E-state index contributed by atoms with van der Waals surface area (Å²) >= 11 is 0. The number of aromatic amines is 1. The first-order valence-corrected chi connectivity index (χ1v) is 6.68. The molecule has 4 unspecified atom stereocenters. The third kappa shape index (κ3) is 1.27. The van der Waals surface area contributed by atoms with Gasteiger partial charge in [0.2, 0.25) is 5.75 Å². The van der Waals surface area contributed by atoms with Crippen LogP contribution in [0.15, 0.2) is 11.1 Å². The molecular formula is C13H17N3O2. The number of ether oxygens (including phenoxy) is 1. The Morgan fingerprint density at radius 3 is 2.78 bits per heavy atom. The Morgan fingerprint density at radius 2 is 2.11 bits per heavy atom. The first-order chi connectivity index (χ1) is 8.79. The monoisotopic (exact) mass is 247 g/mol. The Hall–Kier alpha value is -1.52. The lowest BCUT2D eigenvalue weighted by atomic mass is 10.0. The number of methoxy groups -OCH3 is 1. The van der Waals surface area contributed by atoms with E-state index >= 15 is 0 Å². The molecule has 3 aliphatic carbocycles. The van der Waals surface area contributed by atoms with Gasteiger partial charge in [0, 0.05) is 6.04 Å². The molecule has 5 nitrogen and oxygen atoms in total. The molecule has 0 radical (unpaired) electrons. The van der Waals surface area contributed by atoms with Crippen LogP contribution in [0.1, 0.15) is 19.3 Å². The Kier molecular flexibility index (Phi) is 2.02. The van der Waals surface area contributed by atoms with Crippen molar-refractivity contribution in [2.24, 2.45) is 23.7 Å². The van der Waals surface area contributed by atoms with Gasteiger partial charge in [0.25, 0.3) is 5.56 Å². The Balaban J connectivity index is 1.57. The number of nitrogens with one attached hydrogen (secondary N) is 2. The van der Waals surface area contributed by atoms with E-state index < -0.39 is 0 Å². The number of fused-ring (bicyclic) bond motifs is 5. The second kappa shape index (κ2) is 3.49. The molecule has 0 amide bonds. The normalized spacial score (nSPS) is 39.5. The van der Waals surface area contributed by atoms with Crippen LogP contribution >= 0.6 is 0 Å². The van der Waals surface area contributed by atoms with E-state index in [1.54, 1.807) is 0 Å². The Morgan fingerprint density at radius 1 is 1.39 bits per heavy atom. The van der Waals surface area contributed by atoms with Crippen molar-refractivity contribution in [1.82, 2.24) is 9.97 Å². The highest BCUT2D eigenvalue weighted by molar-refractivity contribution is 5.50. The van der Waals surface area contributed by atoms with Crippen LogP contribution < -0.4 is 15.6 Å². The average molecular weight is 247 g/mol. The minimum absolute atomic E-state index is 0.219. The van der Waals surface area contributed by atoms with E-state index in [1.807, 2.05) is 0 Å². The summed E-state index contributed by atoms with van der Waals surface area (Å²) in [5.41, 5.74) is -0.219. The predicted molar refractivity (Wildman–Crippen MR) is 66.6 cm³/mol. The molecular weight excluding hydrogens is 230 g/mol. The van der Waals surface area contributed by atoms with Crippen molar-refractivity contribution in [3.8, 4) is 5.75 Å². The highest BCUT2D eigenvalue weighted by Crippen LogP contribution is 2.66. The standard InChI is InChI=1S/C13H17N3O2/c1-18-11-12(14-5-15-13(11)17)16-10-8-6-2-3-7(4-6)9(8)10/h5-10H,2-4H2,1H3,(H2,14,15,16,17). The quantitative estimate of drug-likeness (QED) is 0.843. The highest BCUT2D eigenvalue weighted by atomic mass is 16.5. The van der Waals surface area contributed by atoms with Gasteiger partial charge in [-0.05, 0) is 42.9 Å². The fraction of sp³-hybridized carbons (Fsp3) is 0.692. The van der Waals surface area contributed by atoms with Crippen LogP contribution in [-0.4, -0.2) is 23.1 Å². The lowest BCUT2D eigenvalue weighted by Gasteiger charge is -2.12. The lowest BCUT2D eigenvalue weighted by Crippen LogP contribution is -2.18. The van der Waals surface area contributed by atoms with Crippen LogP contribution in [0, 0.1) is 23.7 Å². The highest BCUT2D eigenvalue weighted by Gasteiger charge is 2.65. The number of rotatable bonds is 3. The maximum absolute atomic E-state index is 11.6. The maximum Gasteiger partial charge on any atom is 0.295 e. The molecule has 96 valence electrons.